The molecular formula is C13H15F3N2O2. The monoisotopic (exact) mass is 288 g/mol. The van der Waals surface area contributed by atoms with Gasteiger partial charge < -0.3 is 15.4 Å². The molecule has 2 N–H and O–H groups in total. The molecule has 110 valence electrons. The average Bonchev–Trinajstić information content (AvgIpc) is 2.38. The Bertz CT molecular complexity index is 473. The second-order valence-electron chi connectivity index (χ2n) is 4.66. The van der Waals surface area contributed by atoms with Crippen LogP contribution in [0.5, 0.6) is 5.75 Å². The lowest BCUT2D eigenvalue weighted by Crippen LogP contribution is -2.41. The Kier molecular flexibility index (Phi) is 4.06. The summed E-state index contributed by atoms with van der Waals surface area (Å²) in [5, 5.41) is 0. The van der Waals surface area contributed by atoms with Gasteiger partial charge >= 0.3 is 12.4 Å². The van der Waals surface area contributed by atoms with Gasteiger partial charge in [-0.3, -0.25) is 0 Å². The number of halogens is 3. The van der Waals surface area contributed by atoms with E-state index >= 15 is 0 Å². The summed E-state index contributed by atoms with van der Waals surface area (Å²) in [7, 11) is 0. The van der Waals surface area contributed by atoms with Crippen LogP contribution in [0.2, 0.25) is 0 Å². The van der Waals surface area contributed by atoms with Crippen molar-refractivity contribution in [1.82, 2.24) is 4.90 Å². The molecule has 1 fully saturated rings. The normalized spacial score (nSPS) is 19.8. The number of ether oxygens (including phenoxy) is 1. The topological polar surface area (TPSA) is 55.6 Å². The van der Waals surface area contributed by atoms with Gasteiger partial charge in [-0.25, -0.2) is 4.79 Å². The lowest BCUT2D eigenvalue weighted by atomic mass is 9.95. The largest absolute Gasteiger partial charge is 0.573 e. The van der Waals surface area contributed by atoms with Crippen LogP contribution >= 0.6 is 0 Å². The number of alkyl halides is 3. The highest BCUT2D eigenvalue weighted by Gasteiger charge is 2.31. The number of amides is 2. The zero-order chi connectivity index (χ0) is 14.8. The minimum absolute atomic E-state index is 0.179. The van der Waals surface area contributed by atoms with Crippen molar-refractivity contribution >= 4 is 6.03 Å². The first-order chi connectivity index (χ1) is 9.37. The fourth-order valence-electron chi connectivity index (χ4n) is 2.43. The number of hydrogen-bond acceptors (Lipinski definition) is 2. The van der Waals surface area contributed by atoms with Gasteiger partial charge in [-0.2, -0.15) is 0 Å². The summed E-state index contributed by atoms with van der Waals surface area (Å²) in [6.07, 6.45) is -2.11. The van der Waals surface area contributed by atoms with E-state index in [9.17, 15) is 18.0 Å². The van der Waals surface area contributed by atoms with Crippen LogP contribution in [0, 0.1) is 0 Å². The minimum Gasteiger partial charge on any atom is -0.406 e. The number of rotatable bonds is 2. The van der Waals surface area contributed by atoms with Gasteiger partial charge in [-0.15, -0.1) is 13.2 Å². The molecule has 1 aliphatic heterocycles. The number of carbonyl (C=O) groups excluding carboxylic acids is 1. The molecule has 0 spiro atoms. The second-order valence-corrected chi connectivity index (χ2v) is 4.66. The lowest BCUT2D eigenvalue weighted by molar-refractivity contribution is -0.274. The Balaban J connectivity index is 2.14. The maximum absolute atomic E-state index is 12.1. The predicted molar refractivity (Wildman–Crippen MR) is 66.0 cm³/mol. The van der Waals surface area contributed by atoms with Gasteiger partial charge in [0.05, 0.1) is 6.04 Å². The maximum atomic E-state index is 12.1. The Morgan fingerprint density at radius 3 is 2.45 bits per heavy atom. The zero-order valence-electron chi connectivity index (χ0n) is 10.7. The van der Waals surface area contributed by atoms with Gasteiger partial charge in [0.15, 0.2) is 0 Å². The molecule has 1 atom stereocenters. The highest BCUT2D eigenvalue weighted by molar-refractivity contribution is 5.72. The number of piperidine rings is 1. The third-order valence-electron chi connectivity index (χ3n) is 3.28. The molecule has 1 heterocycles. The smallest absolute Gasteiger partial charge is 0.406 e. The van der Waals surface area contributed by atoms with Crippen molar-refractivity contribution in [3.8, 4) is 5.75 Å². The van der Waals surface area contributed by atoms with E-state index in [-0.39, 0.29) is 11.8 Å². The third kappa shape index (κ3) is 3.55. The molecule has 1 unspecified atom stereocenters. The third-order valence-corrected chi connectivity index (χ3v) is 3.28. The van der Waals surface area contributed by atoms with Gasteiger partial charge in [0.2, 0.25) is 0 Å². The molecule has 0 radical (unpaired) electrons. The van der Waals surface area contributed by atoms with Gasteiger partial charge in [0.25, 0.3) is 0 Å². The fourth-order valence-corrected chi connectivity index (χ4v) is 2.43. The summed E-state index contributed by atoms with van der Waals surface area (Å²) in [6, 6.07) is 4.87. The molecule has 1 aliphatic rings. The molecule has 0 aromatic heterocycles. The number of carbonyl (C=O) groups is 1. The standard InChI is InChI=1S/C13H15F3N2O2/c14-13(15,16)20-10-6-4-9(5-7-10)11-3-1-2-8-18(11)12(17)19/h4-7,11H,1-3,8H2,(H2,17,19). The van der Waals surface area contributed by atoms with E-state index in [0.717, 1.165) is 24.8 Å². The van der Waals surface area contributed by atoms with Crippen molar-refractivity contribution in [2.75, 3.05) is 6.54 Å². The van der Waals surface area contributed by atoms with Crippen molar-refractivity contribution < 1.29 is 22.7 Å². The first kappa shape index (κ1) is 14.5. The molecular weight excluding hydrogens is 273 g/mol. The van der Waals surface area contributed by atoms with E-state index in [0.29, 0.717) is 6.54 Å². The van der Waals surface area contributed by atoms with Gasteiger partial charge in [-0.05, 0) is 37.0 Å². The van der Waals surface area contributed by atoms with E-state index in [1.165, 1.54) is 24.3 Å². The number of likely N-dealkylation sites (tertiary alicyclic amines) is 1. The van der Waals surface area contributed by atoms with E-state index in [1.807, 2.05) is 0 Å². The lowest BCUT2D eigenvalue weighted by Gasteiger charge is -2.34. The Morgan fingerprint density at radius 2 is 1.90 bits per heavy atom. The summed E-state index contributed by atoms with van der Waals surface area (Å²) >= 11 is 0. The van der Waals surface area contributed by atoms with Crippen molar-refractivity contribution in [2.24, 2.45) is 5.73 Å². The highest BCUT2D eigenvalue weighted by atomic mass is 19.4. The zero-order valence-corrected chi connectivity index (χ0v) is 10.7. The van der Waals surface area contributed by atoms with Crippen LogP contribution in [0.3, 0.4) is 0 Å². The van der Waals surface area contributed by atoms with E-state index in [1.54, 1.807) is 4.90 Å². The summed E-state index contributed by atoms with van der Waals surface area (Å²) in [5.74, 6) is -0.275. The van der Waals surface area contributed by atoms with Crippen LogP contribution in [-0.4, -0.2) is 23.8 Å². The number of benzene rings is 1. The Morgan fingerprint density at radius 1 is 1.25 bits per heavy atom. The SMILES string of the molecule is NC(=O)N1CCCCC1c1ccc(OC(F)(F)F)cc1. The van der Waals surface area contributed by atoms with Gasteiger partial charge in [0.1, 0.15) is 5.75 Å². The summed E-state index contributed by atoms with van der Waals surface area (Å²) < 4.78 is 40.0. The quantitative estimate of drug-likeness (QED) is 0.908. The summed E-state index contributed by atoms with van der Waals surface area (Å²) in [6.45, 7) is 0.570. The van der Waals surface area contributed by atoms with Crippen LogP contribution in [0.15, 0.2) is 24.3 Å². The minimum atomic E-state index is -4.70. The van der Waals surface area contributed by atoms with Gasteiger partial charge in [0, 0.05) is 6.54 Å². The Labute approximate surface area is 114 Å². The molecule has 2 rings (SSSR count). The molecule has 4 nitrogen and oxygen atoms in total. The summed E-state index contributed by atoms with van der Waals surface area (Å²) in [4.78, 5) is 12.9. The molecule has 2 amide bonds. The van der Waals surface area contributed by atoms with E-state index in [4.69, 9.17) is 5.73 Å². The van der Waals surface area contributed by atoms with Crippen LogP contribution in [0.4, 0.5) is 18.0 Å². The molecule has 1 saturated heterocycles. The van der Waals surface area contributed by atoms with Crippen molar-refractivity contribution in [3.63, 3.8) is 0 Å². The van der Waals surface area contributed by atoms with Crippen LogP contribution in [0.25, 0.3) is 0 Å². The number of urea groups is 1. The van der Waals surface area contributed by atoms with E-state index < -0.39 is 12.4 Å². The molecule has 0 saturated carbocycles. The molecule has 0 aliphatic carbocycles. The number of nitrogens with two attached hydrogens (primary N) is 1. The second kappa shape index (κ2) is 5.60. The molecule has 1 aromatic carbocycles. The fraction of sp³-hybridized carbons (Fsp3) is 0.462. The molecule has 1 aromatic rings. The predicted octanol–water partition coefficient (Wildman–Crippen LogP) is 3.19. The van der Waals surface area contributed by atoms with Gasteiger partial charge in [-0.1, -0.05) is 12.1 Å². The van der Waals surface area contributed by atoms with Crippen LogP contribution < -0.4 is 10.5 Å². The molecule has 20 heavy (non-hydrogen) atoms. The highest BCUT2D eigenvalue weighted by Crippen LogP contribution is 2.32. The first-order valence-corrected chi connectivity index (χ1v) is 6.28. The Hall–Kier alpha value is -1.92. The summed E-state index contributed by atoms with van der Waals surface area (Å²) in [5.41, 5.74) is 6.08. The van der Waals surface area contributed by atoms with Crippen molar-refractivity contribution in [1.29, 1.82) is 0 Å². The molecule has 0 bridgehead atoms. The van der Waals surface area contributed by atoms with Crippen LogP contribution in [0.1, 0.15) is 30.9 Å². The average molecular weight is 288 g/mol. The number of hydrogen-bond donors (Lipinski definition) is 1. The van der Waals surface area contributed by atoms with Crippen molar-refractivity contribution in [3.05, 3.63) is 29.8 Å². The molecule has 7 heteroatoms. The first-order valence-electron chi connectivity index (χ1n) is 6.28. The van der Waals surface area contributed by atoms with Crippen LogP contribution in [-0.2, 0) is 0 Å². The van der Waals surface area contributed by atoms with Crippen molar-refractivity contribution in [2.45, 2.75) is 31.7 Å². The van der Waals surface area contributed by atoms with E-state index in [2.05, 4.69) is 4.74 Å². The maximum Gasteiger partial charge on any atom is 0.573 e. The number of nitrogens with zero attached hydrogens (tertiary/aromatic N) is 1. The number of primary amides is 1.